The lowest BCUT2D eigenvalue weighted by Gasteiger charge is -2.10. The van der Waals surface area contributed by atoms with Crippen LogP contribution in [-0.2, 0) is 14.8 Å². The normalized spacial score (nSPS) is 10.8. The number of hydrogen-bond acceptors (Lipinski definition) is 5. The molecule has 1 heterocycles. The number of hydrogen-bond donors (Lipinski definition) is 4. The fourth-order valence-electron chi connectivity index (χ4n) is 2.05. The fraction of sp³-hybridized carbons (Fsp3) is 0.188. The van der Waals surface area contributed by atoms with Crippen LogP contribution >= 0.6 is 0 Å². The molecule has 0 aliphatic heterocycles. The summed E-state index contributed by atoms with van der Waals surface area (Å²) in [6.45, 7) is 1.24. The van der Waals surface area contributed by atoms with Crippen molar-refractivity contribution in [2.24, 2.45) is 0 Å². The Morgan fingerprint density at radius 3 is 2.50 bits per heavy atom. The molecule has 0 atom stereocenters. The molecule has 26 heavy (non-hydrogen) atoms. The van der Waals surface area contributed by atoms with E-state index in [1.54, 1.807) is 18.2 Å². The number of benzene rings is 1. The van der Waals surface area contributed by atoms with Gasteiger partial charge in [0.1, 0.15) is 0 Å². The van der Waals surface area contributed by atoms with E-state index in [2.05, 4.69) is 20.3 Å². The molecule has 0 unspecified atom stereocenters. The van der Waals surface area contributed by atoms with E-state index in [1.807, 2.05) is 0 Å². The van der Waals surface area contributed by atoms with Gasteiger partial charge in [-0.1, -0.05) is 6.07 Å². The molecule has 2 rings (SSSR count). The molecule has 10 heteroatoms. The average Bonchev–Trinajstić information content (AvgIpc) is 2.54. The molecular weight excluding hydrogens is 360 g/mol. The van der Waals surface area contributed by atoms with Gasteiger partial charge in [-0.25, -0.2) is 8.42 Å². The van der Waals surface area contributed by atoms with Crippen molar-refractivity contribution in [2.45, 2.75) is 6.92 Å². The van der Waals surface area contributed by atoms with Crippen LogP contribution in [-0.4, -0.2) is 37.5 Å². The number of nitrogens with one attached hydrogen (secondary N) is 4. The zero-order chi connectivity index (χ0) is 19.2. The van der Waals surface area contributed by atoms with Crippen molar-refractivity contribution < 1.29 is 18.0 Å². The average molecular weight is 378 g/mol. The molecule has 1 aromatic carbocycles. The van der Waals surface area contributed by atoms with Crippen molar-refractivity contribution in [3.05, 3.63) is 58.5 Å². The van der Waals surface area contributed by atoms with Gasteiger partial charge in [0.15, 0.2) is 0 Å². The van der Waals surface area contributed by atoms with E-state index in [9.17, 15) is 22.8 Å². The lowest BCUT2D eigenvalue weighted by Crippen LogP contribution is -2.31. The summed E-state index contributed by atoms with van der Waals surface area (Å²) in [5, 5.41) is 5.02. The Hall–Kier alpha value is -3.14. The van der Waals surface area contributed by atoms with Crippen LogP contribution in [0.25, 0.3) is 0 Å². The standard InChI is InChI=1S/C16H18N4O5S/c1-11(21)19-13-3-2-4-14(9-13)20-26(24,25)8-7-17-16(23)12-5-6-15(22)18-10-12/h2-6,9-10,20H,7-8H2,1H3,(H,17,23)(H,18,22)(H,19,21). The lowest BCUT2D eigenvalue weighted by atomic mass is 10.3. The summed E-state index contributed by atoms with van der Waals surface area (Å²) in [7, 11) is -3.70. The number of anilines is 2. The SMILES string of the molecule is CC(=O)Nc1cccc(NS(=O)(=O)CCNC(=O)c2ccc(=O)[nH]c2)c1. The van der Waals surface area contributed by atoms with Gasteiger partial charge in [-0.15, -0.1) is 0 Å². The van der Waals surface area contributed by atoms with Crippen molar-refractivity contribution in [1.82, 2.24) is 10.3 Å². The lowest BCUT2D eigenvalue weighted by molar-refractivity contribution is -0.114. The maximum Gasteiger partial charge on any atom is 0.252 e. The van der Waals surface area contributed by atoms with Crippen LogP contribution in [0.5, 0.6) is 0 Å². The van der Waals surface area contributed by atoms with Gasteiger partial charge in [0.05, 0.1) is 17.0 Å². The highest BCUT2D eigenvalue weighted by atomic mass is 32.2. The summed E-state index contributed by atoms with van der Waals surface area (Å²) < 4.78 is 26.6. The van der Waals surface area contributed by atoms with Crippen LogP contribution in [0.1, 0.15) is 17.3 Å². The molecule has 0 aliphatic carbocycles. The number of H-pyrrole nitrogens is 1. The van der Waals surface area contributed by atoms with Crippen LogP contribution in [0, 0.1) is 0 Å². The van der Waals surface area contributed by atoms with E-state index in [-0.39, 0.29) is 29.3 Å². The molecule has 4 N–H and O–H groups in total. The number of aromatic amines is 1. The second-order valence-electron chi connectivity index (χ2n) is 5.38. The number of aromatic nitrogens is 1. The first kappa shape index (κ1) is 19.2. The van der Waals surface area contributed by atoms with Crippen LogP contribution in [0.15, 0.2) is 47.4 Å². The Balaban J connectivity index is 1.90. The second kappa shape index (κ2) is 8.30. The van der Waals surface area contributed by atoms with Crippen molar-refractivity contribution in [3.8, 4) is 0 Å². The first-order valence-corrected chi connectivity index (χ1v) is 9.25. The third-order valence-electron chi connectivity index (χ3n) is 3.16. The number of sulfonamides is 1. The van der Waals surface area contributed by atoms with E-state index in [4.69, 9.17) is 0 Å². The van der Waals surface area contributed by atoms with Gasteiger partial charge in [-0.2, -0.15) is 0 Å². The molecule has 0 bridgehead atoms. The molecule has 2 amide bonds. The second-order valence-corrected chi connectivity index (χ2v) is 7.22. The van der Waals surface area contributed by atoms with Gasteiger partial charge in [-0.05, 0) is 24.3 Å². The summed E-state index contributed by atoms with van der Waals surface area (Å²) >= 11 is 0. The monoisotopic (exact) mass is 378 g/mol. The van der Waals surface area contributed by atoms with Gasteiger partial charge in [-0.3, -0.25) is 19.1 Å². The summed E-state index contributed by atoms with van der Waals surface area (Å²) in [5.74, 6) is -1.11. The molecule has 1 aromatic heterocycles. The van der Waals surface area contributed by atoms with E-state index in [0.717, 1.165) is 0 Å². The highest BCUT2D eigenvalue weighted by Crippen LogP contribution is 2.16. The van der Waals surface area contributed by atoms with Crippen molar-refractivity contribution in [1.29, 1.82) is 0 Å². The van der Waals surface area contributed by atoms with Gasteiger partial charge in [0.2, 0.25) is 21.5 Å². The number of carbonyl (C=O) groups is 2. The Kier molecular flexibility index (Phi) is 6.12. The largest absolute Gasteiger partial charge is 0.351 e. The summed E-state index contributed by atoms with van der Waals surface area (Å²) in [5.41, 5.74) is 0.639. The van der Waals surface area contributed by atoms with Gasteiger partial charge in [0, 0.05) is 31.4 Å². The smallest absolute Gasteiger partial charge is 0.252 e. The highest BCUT2D eigenvalue weighted by molar-refractivity contribution is 7.92. The predicted molar refractivity (Wildman–Crippen MR) is 97.6 cm³/mol. The minimum atomic E-state index is -3.70. The van der Waals surface area contributed by atoms with Crippen LogP contribution in [0.3, 0.4) is 0 Å². The number of carbonyl (C=O) groups excluding carboxylic acids is 2. The van der Waals surface area contributed by atoms with Gasteiger partial charge < -0.3 is 15.6 Å². The van der Waals surface area contributed by atoms with E-state index >= 15 is 0 Å². The quantitative estimate of drug-likeness (QED) is 0.556. The third-order valence-corrected chi connectivity index (χ3v) is 4.45. The first-order valence-electron chi connectivity index (χ1n) is 7.60. The maximum absolute atomic E-state index is 12.1. The van der Waals surface area contributed by atoms with Crippen molar-refractivity contribution in [3.63, 3.8) is 0 Å². The number of rotatable bonds is 7. The predicted octanol–water partition coefficient (Wildman–Crippen LogP) is 0.505. The molecule has 138 valence electrons. The van der Waals surface area contributed by atoms with Crippen LogP contribution in [0.4, 0.5) is 11.4 Å². The molecule has 0 saturated heterocycles. The fourth-order valence-corrected chi connectivity index (χ4v) is 3.01. The maximum atomic E-state index is 12.1. The van der Waals surface area contributed by atoms with Gasteiger partial charge >= 0.3 is 0 Å². The van der Waals surface area contributed by atoms with E-state index in [0.29, 0.717) is 11.4 Å². The third kappa shape index (κ3) is 6.06. The molecule has 9 nitrogen and oxygen atoms in total. The van der Waals surface area contributed by atoms with Crippen molar-refractivity contribution >= 4 is 33.2 Å². The molecule has 0 radical (unpaired) electrons. The van der Waals surface area contributed by atoms with Crippen LogP contribution in [0.2, 0.25) is 0 Å². The molecule has 2 aromatic rings. The zero-order valence-corrected chi connectivity index (χ0v) is 14.7. The Labute approximate surface area is 149 Å². The number of amides is 2. The van der Waals surface area contributed by atoms with Crippen molar-refractivity contribution in [2.75, 3.05) is 22.3 Å². The molecule has 0 spiro atoms. The summed E-state index contributed by atoms with van der Waals surface area (Å²) in [6, 6.07) is 8.80. The Bertz CT molecular complexity index is 948. The first-order chi connectivity index (χ1) is 12.2. The van der Waals surface area contributed by atoms with E-state index in [1.165, 1.54) is 31.3 Å². The Morgan fingerprint density at radius 2 is 1.85 bits per heavy atom. The summed E-state index contributed by atoms with van der Waals surface area (Å²) in [4.78, 5) is 36.2. The van der Waals surface area contributed by atoms with E-state index < -0.39 is 15.9 Å². The summed E-state index contributed by atoms with van der Waals surface area (Å²) in [6.07, 6.45) is 1.25. The molecule has 0 saturated carbocycles. The Morgan fingerprint density at radius 1 is 1.12 bits per heavy atom. The highest BCUT2D eigenvalue weighted by Gasteiger charge is 2.12. The minimum absolute atomic E-state index is 0.112. The zero-order valence-electron chi connectivity index (χ0n) is 13.9. The molecule has 0 aliphatic rings. The minimum Gasteiger partial charge on any atom is -0.351 e. The molecular formula is C16H18N4O5S. The molecule has 0 fully saturated rings. The van der Waals surface area contributed by atoms with Gasteiger partial charge in [0.25, 0.3) is 5.91 Å². The van der Waals surface area contributed by atoms with Crippen LogP contribution < -0.4 is 20.9 Å². The number of pyridine rings is 1. The topological polar surface area (TPSA) is 137 Å².